The van der Waals surface area contributed by atoms with Crippen LogP contribution in [0.15, 0.2) is 42.5 Å². The molecule has 1 aliphatic heterocycles. The average Bonchev–Trinajstić information content (AvgIpc) is 2.73. The van der Waals surface area contributed by atoms with Crippen molar-refractivity contribution in [3.05, 3.63) is 53.6 Å². The topological polar surface area (TPSA) is 65.4 Å². The van der Waals surface area contributed by atoms with E-state index in [9.17, 15) is 18.0 Å². The van der Waals surface area contributed by atoms with Crippen LogP contribution in [0.5, 0.6) is 5.75 Å². The first-order valence-corrected chi connectivity index (χ1v) is 9.13. The Balaban J connectivity index is 1.85. The number of alkyl halides is 3. The summed E-state index contributed by atoms with van der Waals surface area (Å²) >= 11 is 0. The smallest absolute Gasteiger partial charge is 0.418 e. The zero-order chi connectivity index (χ0) is 21.0. The van der Waals surface area contributed by atoms with Gasteiger partial charge >= 0.3 is 6.18 Å². The minimum Gasteiger partial charge on any atom is -0.497 e. The number of nitrogens with one attached hydrogen (secondary N) is 1. The Hall–Kier alpha value is -3.21. The summed E-state index contributed by atoms with van der Waals surface area (Å²) in [4.78, 5) is 14.1. The Kier molecular flexibility index (Phi) is 5.97. The number of ether oxygens (including phenoxy) is 1. The van der Waals surface area contributed by atoms with Gasteiger partial charge in [0.1, 0.15) is 5.75 Å². The van der Waals surface area contributed by atoms with Crippen LogP contribution in [0.2, 0.25) is 0 Å². The van der Waals surface area contributed by atoms with Crippen LogP contribution in [-0.4, -0.2) is 26.1 Å². The molecule has 1 heterocycles. The van der Waals surface area contributed by atoms with Crippen LogP contribution >= 0.6 is 0 Å². The first-order valence-electron chi connectivity index (χ1n) is 9.13. The fourth-order valence-corrected chi connectivity index (χ4v) is 3.33. The maximum atomic E-state index is 13.7. The predicted molar refractivity (Wildman–Crippen MR) is 103 cm³/mol. The van der Waals surface area contributed by atoms with E-state index in [1.807, 2.05) is 0 Å². The van der Waals surface area contributed by atoms with Crippen LogP contribution in [0.25, 0.3) is 0 Å². The van der Waals surface area contributed by atoms with E-state index in [2.05, 4.69) is 11.4 Å². The number of hydrogen-bond donors (Lipinski definition) is 1. The Labute approximate surface area is 166 Å². The van der Waals surface area contributed by atoms with Gasteiger partial charge in [-0.2, -0.15) is 18.4 Å². The number of anilines is 2. The van der Waals surface area contributed by atoms with Crippen molar-refractivity contribution >= 4 is 17.3 Å². The maximum Gasteiger partial charge on any atom is 0.418 e. The van der Waals surface area contributed by atoms with E-state index in [1.165, 1.54) is 19.2 Å². The van der Waals surface area contributed by atoms with Crippen LogP contribution in [0.3, 0.4) is 0 Å². The molecule has 3 rings (SSSR count). The molecule has 2 aromatic carbocycles. The molecular formula is C21H20F3N3O2. The molecule has 1 aliphatic rings. The summed E-state index contributed by atoms with van der Waals surface area (Å²) < 4.78 is 46.1. The molecule has 0 saturated carbocycles. The van der Waals surface area contributed by atoms with E-state index < -0.39 is 17.6 Å². The van der Waals surface area contributed by atoms with Crippen molar-refractivity contribution in [1.29, 1.82) is 5.26 Å². The van der Waals surface area contributed by atoms with Gasteiger partial charge in [0.25, 0.3) is 5.91 Å². The standard InChI is InChI=1S/C21H20F3N3O2/c1-29-17-4-2-3-16(12-17)26-20(28)15-5-6-19(18(11-15)21(22,23)24)27-9-7-14(13-25)8-10-27/h2-6,11-12,14H,7-10H2,1H3,(H,26,28). The number of carbonyl (C=O) groups is 1. The lowest BCUT2D eigenvalue weighted by molar-refractivity contribution is -0.137. The van der Waals surface area contributed by atoms with Crippen molar-refractivity contribution < 1.29 is 22.7 Å². The van der Waals surface area contributed by atoms with E-state index in [0.29, 0.717) is 37.4 Å². The second-order valence-electron chi connectivity index (χ2n) is 6.81. The molecule has 2 aromatic rings. The number of halogens is 3. The van der Waals surface area contributed by atoms with Crippen LogP contribution < -0.4 is 15.0 Å². The summed E-state index contributed by atoms with van der Waals surface area (Å²) in [6, 6.07) is 12.3. The zero-order valence-electron chi connectivity index (χ0n) is 15.8. The number of benzene rings is 2. The molecular weight excluding hydrogens is 383 g/mol. The zero-order valence-corrected chi connectivity index (χ0v) is 15.8. The highest BCUT2D eigenvalue weighted by atomic mass is 19.4. The number of nitrogens with zero attached hydrogens (tertiary/aromatic N) is 2. The van der Waals surface area contributed by atoms with Crippen molar-refractivity contribution in [2.45, 2.75) is 19.0 Å². The molecule has 0 atom stereocenters. The second-order valence-corrected chi connectivity index (χ2v) is 6.81. The van der Waals surface area contributed by atoms with Gasteiger partial charge in [-0.3, -0.25) is 4.79 Å². The van der Waals surface area contributed by atoms with Crippen LogP contribution in [-0.2, 0) is 6.18 Å². The molecule has 0 spiro atoms. The fourth-order valence-electron chi connectivity index (χ4n) is 3.33. The number of piperidine rings is 1. The molecule has 1 N–H and O–H groups in total. The third kappa shape index (κ3) is 4.80. The highest BCUT2D eigenvalue weighted by Gasteiger charge is 2.36. The maximum absolute atomic E-state index is 13.7. The summed E-state index contributed by atoms with van der Waals surface area (Å²) in [5, 5.41) is 11.6. The summed E-state index contributed by atoms with van der Waals surface area (Å²) in [6.45, 7) is 0.743. The van der Waals surface area contributed by atoms with Crippen molar-refractivity contribution in [2.75, 3.05) is 30.4 Å². The van der Waals surface area contributed by atoms with E-state index in [1.54, 1.807) is 29.2 Å². The highest BCUT2D eigenvalue weighted by molar-refractivity contribution is 6.04. The van der Waals surface area contributed by atoms with Crippen molar-refractivity contribution in [3.8, 4) is 11.8 Å². The van der Waals surface area contributed by atoms with E-state index in [0.717, 1.165) is 6.07 Å². The lowest BCUT2D eigenvalue weighted by atomic mass is 9.97. The number of amides is 1. The SMILES string of the molecule is COc1cccc(NC(=O)c2ccc(N3CCC(C#N)CC3)c(C(F)(F)F)c2)c1. The van der Waals surface area contributed by atoms with Gasteiger partial charge < -0.3 is 15.0 Å². The van der Waals surface area contributed by atoms with Gasteiger partial charge in [0.05, 0.1) is 18.7 Å². The van der Waals surface area contributed by atoms with E-state index >= 15 is 0 Å². The number of rotatable bonds is 4. The Morgan fingerprint density at radius 1 is 1.21 bits per heavy atom. The lowest BCUT2D eigenvalue weighted by Crippen LogP contribution is -2.34. The van der Waals surface area contributed by atoms with Gasteiger partial charge in [0.2, 0.25) is 0 Å². The minimum absolute atomic E-state index is 0.0341. The number of hydrogen-bond acceptors (Lipinski definition) is 4. The first-order chi connectivity index (χ1) is 13.8. The first kappa shape index (κ1) is 20.5. The van der Waals surface area contributed by atoms with Crippen LogP contribution in [0, 0.1) is 17.2 Å². The minimum atomic E-state index is -4.60. The predicted octanol–water partition coefficient (Wildman–Crippen LogP) is 4.71. The van der Waals surface area contributed by atoms with Crippen LogP contribution in [0.4, 0.5) is 24.5 Å². The van der Waals surface area contributed by atoms with E-state index in [-0.39, 0.29) is 17.2 Å². The molecule has 0 bridgehead atoms. The largest absolute Gasteiger partial charge is 0.497 e. The summed E-state index contributed by atoms with van der Waals surface area (Å²) in [6.07, 6.45) is -3.56. The monoisotopic (exact) mass is 403 g/mol. The van der Waals surface area contributed by atoms with Crippen molar-refractivity contribution in [2.24, 2.45) is 5.92 Å². The van der Waals surface area contributed by atoms with Crippen molar-refractivity contribution in [3.63, 3.8) is 0 Å². The molecule has 0 unspecified atom stereocenters. The molecule has 1 fully saturated rings. The number of nitriles is 1. The molecule has 152 valence electrons. The molecule has 0 aromatic heterocycles. The summed E-state index contributed by atoms with van der Waals surface area (Å²) in [5.74, 6) is -0.248. The van der Waals surface area contributed by atoms with Gasteiger partial charge in [-0.25, -0.2) is 0 Å². The Morgan fingerprint density at radius 3 is 2.55 bits per heavy atom. The molecule has 29 heavy (non-hydrogen) atoms. The lowest BCUT2D eigenvalue weighted by Gasteiger charge is -2.33. The molecule has 5 nitrogen and oxygen atoms in total. The van der Waals surface area contributed by atoms with Crippen LogP contribution in [0.1, 0.15) is 28.8 Å². The number of carbonyl (C=O) groups excluding carboxylic acids is 1. The van der Waals surface area contributed by atoms with Gasteiger partial charge in [-0.05, 0) is 43.2 Å². The molecule has 1 saturated heterocycles. The fraction of sp³-hybridized carbons (Fsp3) is 0.333. The Morgan fingerprint density at radius 2 is 1.93 bits per heavy atom. The highest BCUT2D eigenvalue weighted by Crippen LogP contribution is 2.38. The van der Waals surface area contributed by atoms with Gasteiger partial charge in [0.15, 0.2) is 0 Å². The van der Waals surface area contributed by atoms with Gasteiger partial charge in [-0.1, -0.05) is 6.07 Å². The van der Waals surface area contributed by atoms with Gasteiger partial charge in [0, 0.05) is 42.0 Å². The second kappa shape index (κ2) is 8.43. The Bertz CT molecular complexity index is 929. The average molecular weight is 403 g/mol. The summed E-state index contributed by atoms with van der Waals surface area (Å²) in [5.41, 5.74) is -0.487. The molecule has 1 amide bonds. The molecule has 0 radical (unpaired) electrons. The number of methoxy groups -OCH3 is 1. The van der Waals surface area contributed by atoms with E-state index in [4.69, 9.17) is 10.00 Å². The third-order valence-electron chi connectivity index (χ3n) is 4.91. The summed E-state index contributed by atoms with van der Waals surface area (Å²) in [7, 11) is 1.48. The third-order valence-corrected chi connectivity index (χ3v) is 4.91. The van der Waals surface area contributed by atoms with Crippen molar-refractivity contribution in [1.82, 2.24) is 0 Å². The molecule has 0 aliphatic carbocycles. The normalized spacial score (nSPS) is 14.9. The van der Waals surface area contributed by atoms with Gasteiger partial charge in [-0.15, -0.1) is 0 Å². The quantitative estimate of drug-likeness (QED) is 0.803. The molecule has 8 heteroatoms.